The second kappa shape index (κ2) is 7.55. The van der Waals surface area contributed by atoms with Crippen molar-refractivity contribution >= 4 is 24.4 Å². The normalized spacial score (nSPS) is 13.0. The molecular formula is C11H21N2O3S. The highest BCUT2D eigenvalue weighted by atomic mass is 32.1. The predicted octanol–water partition coefficient (Wildman–Crippen LogP) is -0.240. The van der Waals surface area contributed by atoms with Gasteiger partial charge in [0.05, 0.1) is 0 Å². The zero-order chi connectivity index (χ0) is 13.5. The molecule has 0 saturated carbocycles. The first-order chi connectivity index (χ1) is 7.79. The molecule has 0 rings (SSSR count). The third-order valence-corrected chi connectivity index (χ3v) is 2.30. The van der Waals surface area contributed by atoms with Crippen molar-refractivity contribution in [2.75, 3.05) is 18.8 Å². The Morgan fingerprint density at radius 2 is 1.94 bits per heavy atom. The first-order valence-corrected chi connectivity index (χ1v) is 6.11. The van der Waals surface area contributed by atoms with Crippen molar-refractivity contribution < 1.29 is 14.7 Å². The highest BCUT2D eigenvalue weighted by molar-refractivity contribution is 7.80. The van der Waals surface area contributed by atoms with E-state index in [1.54, 1.807) is 13.8 Å². The molecule has 99 valence electrons. The molecule has 0 heterocycles. The van der Waals surface area contributed by atoms with E-state index in [1.165, 1.54) is 0 Å². The summed E-state index contributed by atoms with van der Waals surface area (Å²) < 4.78 is 0. The molecule has 1 atom stereocenters. The van der Waals surface area contributed by atoms with Gasteiger partial charge in [-0.1, -0.05) is 13.8 Å². The average molecular weight is 261 g/mol. The summed E-state index contributed by atoms with van der Waals surface area (Å²) in [6.45, 7) is 7.71. The first kappa shape index (κ1) is 16.2. The lowest BCUT2D eigenvalue weighted by atomic mass is 9.89. The van der Waals surface area contributed by atoms with Gasteiger partial charge in [-0.05, 0) is 12.3 Å². The van der Waals surface area contributed by atoms with E-state index in [0.29, 0.717) is 12.3 Å². The monoisotopic (exact) mass is 261 g/mol. The summed E-state index contributed by atoms with van der Waals surface area (Å²) in [7, 11) is 0. The molecule has 1 radical (unpaired) electrons. The molecule has 17 heavy (non-hydrogen) atoms. The zero-order valence-corrected chi connectivity index (χ0v) is 11.2. The number of carbonyl (C=O) groups is 2. The van der Waals surface area contributed by atoms with Crippen LogP contribution in [0, 0.1) is 12.3 Å². The molecule has 0 saturated heterocycles. The molecule has 0 aliphatic rings. The smallest absolute Gasteiger partial charge is 0.249 e. The Balaban J connectivity index is 3.82. The van der Waals surface area contributed by atoms with Crippen LogP contribution >= 0.6 is 12.6 Å². The lowest BCUT2D eigenvalue weighted by molar-refractivity contribution is -0.133. The van der Waals surface area contributed by atoms with Crippen LogP contribution in [0.4, 0.5) is 0 Å². The van der Waals surface area contributed by atoms with E-state index in [1.807, 2.05) is 0 Å². The number of aliphatic hydroxyl groups is 1. The standard InChI is InChI=1S/C11H21N2O3S/c1-11(2,3)9(15)10(16)13-5-4-8(14)12-6-7-17/h9,15,17H,1,4-7H2,2-3H3,(H,12,14)(H,13,16)/t9-/m0/s1. The molecule has 0 fully saturated rings. The topological polar surface area (TPSA) is 78.4 Å². The summed E-state index contributed by atoms with van der Waals surface area (Å²) in [5.41, 5.74) is -0.752. The van der Waals surface area contributed by atoms with Crippen LogP contribution in [0.25, 0.3) is 0 Å². The molecule has 0 aliphatic carbocycles. The maximum atomic E-state index is 11.4. The van der Waals surface area contributed by atoms with Gasteiger partial charge in [0.1, 0.15) is 6.10 Å². The Morgan fingerprint density at radius 1 is 1.35 bits per heavy atom. The van der Waals surface area contributed by atoms with E-state index >= 15 is 0 Å². The second-order valence-electron chi connectivity index (χ2n) is 4.51. The number of thiol groups is 1. The summed E-state index contributed by atoms with van der Waals surface area (Å²) in [6.07, 6.45) is -0.993. The van der Waals surface area contributed by atoms with Crippen LogP contribution in [-0.2, 0) is 9.59 Å². The Morgan fingerprint density at radius 3 is 2.41 bits per heavy atom. The molecule has 0 aromatic carbocycles. The van der Waals surface area contributed by atoms with Crippen LogP contribution < -0.4 is 10.6 Å². The minimum absolute atomic E-state index is 0.150. The minimum Gasteiger partial charge on any atom is -0.383 e. The van der Waals surface area contributed by atoms with Gasteiger partial charge in [0.25, 0.3) is 0 Å². The Labute approximate surface area is 108 Å². The zero-order valence-electron chi connectivity index (χ0n) is 10.3. The van der Waals surface area contributed by atoms with Crippen molar-refractivity contribution in [3.63, 3.8) is 0 Å². The summed E-state index contributed by atoms with van der Waals surface area (Å²) in [6, 6.07) is 0. The van der Waals surface area contributed by atoms with Gasteiger partial charge in [-0.25, -0.2) is 0 Å². The fourth-order valence-electron chi connectivity index (χ4n) is 1.03. The van der Waals surface area contributed by atoms with E-state index in [9.17, 15) is 14.7 Å². The van der Waals surface area contributed by atoms with Gasteiger partial charge in [-0.15, -0.1) is 0 Å². The van der Waals surface area contributed by atoms with Crippen molar-refractivity contribution in [2.45, 2.75) is 26.4 Å². The number of rotatable bonds is 7. The maximum Gasteiger partial charge on any atom is 0.249 e. The van der Waals surface area contributed by atoms with Crippen LogP contribution in [0.1, 0.15) is 20.3 Å². The molecule has 2 amide bonds. The van der Waals surface area contributed by atoms with E-state index in [0.717, 1.165) is 0 Å². The second-order valence-corrected chi connectivity index (χ2v) is 4.95. The maximum absolute atomic E-state index is 11.4. The van der Waals surface area contributed by atoms with Gasteiger partial charge in [0.15, 0.2) is 0 Å². The summed E-state index contributed by atoms with van der Waals surface area (Å²) in [5, 5.41) is 14.7. The van der Waals surface area contributed by atoms with E-state index in [-0.39, 0.29) is 18.9 Å². The molecular weight excluding hydrogens is 240 g/mol. The van der Waals surface area contributed by atoms with Crippen molar-refractivity contribution in [1.82, 2.24) is 10.6 Å². The third-order valence-electron chi connectivity index (χ3n) is 2.07. The number of nitrogens with one attached hydrogen (secondary N) is 2. The van der Waals surface area contributed by atoms with Crippen LogP contribution in [0.2, 0.25) is 0 Å². The van der Waals surface area contributed by atoms with Crippen LogP contribution in [0.3, 0.4) is 0 Å². The van der Waals surface area contributed by atoms with Crippen molar-refractivity contribution in [2.24, 2.45) is 5.41 Å². The lowest BCUT2D eigenvalue weighted by Gasteiger charge is -2.24. The number of hydrogen-bond donors (Lipinski definition) is 4. The molecule has 0 aromatic rings. The average Bonchev–Trinajstić information content (AvgIpc) is 2.23. The Bertz CT molecular complexity index is 264. The first-order valence-electron chi connectivity index (χ1n) is 5.47. The van der Waals surface area contributed by atoms with Crippen molar-refractivity contribution in [1.29, 1.82) is 0 Å². The molecule has 3 N–H and O–H groups in total. The summed E-state index contributed by atoms with van der Waals surface area (Å²) >= 11 is 3.95. The number of carbonyl (C=O) groups excluding carboxylic acids is 2. The van der Waals surface area contributed by atoms with E-state index in [2.05, 4.69) is 30.2 Å². The summed E-state index contributed by atoms with van der Waals surface area (Å²) in [4.78, 5) is 22.6. The van der Waals surface area contributed by atoms with E-state index in [4.69, 9.17) is 0 Å². The van der Waals surface area contributed by atoms with Crippen LogP contribution in [-0.4, -0.2) is 41.9 Å². The summed E-state index contributed by atoms with van der Waals surface area (Å²) in [5.74, 6) is -0.0818. The van der Waals surface area contributed by atoms with Gasteiger partial charge in [0.2, 0.25) is 11.8 Å². The molecule has 0 aliphatic heterocycles. The largest absolute Gasteiger partial charge is 0.383 e. The number of hydrogen-bond acceptors (Lipinski definition) is 4. The highest BCUT2D eigenvalue weighted by Crippen LogP contribution is 2.18. The number of aliphatic hydroxyl groups excluding tert-OH is 1. The van der Waals surface area contributed by atoms with Gasteiger partial charge in [-0.3, -0.25) is 9.59 Å². The molecule has 0 aromatic heterocycles. The van der Waals surface area contributed by atoms with Crippen LogP contribution in [0.15, 0.2) is 0 Å². The van der Waals surface area contributed by atoms with Crippen LogP contribution in [0.5, 0.6) is 0 Å². The predicted molar refractivity (Wildman–Crippen MR) is 69.6 cm³/mol. The van der Waals surface area contributed by atoms with Crippen molar-refractivity contribution in [3.8, 4) is 0 Å². The van der Waals surface area contributed by atoms with E-state index < -0.39 is 17.4 Å². The molecule has 0 unspecified atom stereocenters. The third kappa shape index (κ3) is 7.23. The van der Waals surface area contributed by atoms with Gasteiger partial charge >= 0.3 is 0 Å². The van der Waals surface area contributed by atoms with Crippen molar-refractivity contribution in [3.05, 3.63) is 6.92 Å². The highest BCUT2D eigenvalue weighted by Gasteiger charge is 2.28. The molecule has 0 spiro atoms. The molecule has 5 nitrogen and oxygen atoms in total. The van der Waals surface area contributed by atoms with Gasteiger partial charge in [0, 0.05) is 25.3 Å². The number of amides is 2. The van der Waals surface area contributed by atoms with Gasteiger partial charge in [-0.2, -0.15) is 12.6 Å². The Hall–Kier alpha value is -0.750. The SMILES string of the molecule is [CH2]C(C)(C)[C@@H](O)C(=O)NCCC(=O)NCCS. The molecule has 0 bridgehead atoms. The van der Waals surface area contributed by atoms with Gasteiger partial charge < -0.3 is 15.7 Å². The minimum atomic E-state index is -1.18. The fraction of sp³-hybridized carbons (Fsp3) is 0.727. The lowest BCUT2D eigenvalue weighted by Crippen LogP contribution is -2.43. The molecule has 6 heteroatoms. The quantitative estimate of drug-likeness (QED) is 0.478. The fourth-order valence-corrected chi connectivity index (χ4v) is 1.15. The Kier molecular flexibility index (Phi) is 7.22.